The SMILES string of the molecule is C/C=C\c1cccc2c1OC(CC)C(=O)N2C(=O)c1ccc([N+](=O)[O-])cc1. The van der Waals surface area contributed by atoms with E-state index in [1.165, 1.54) is 24.3 Å². The molecular formula is C20H18N2O5. The first kappa shape index (κ1) is 18.3. The predicted octanol–water partition coefficient (Wildman–Crippen LogP) is 3.97. The van der Waals surface area contributed by atoms with Crippen molar-refractivity contribution >= 4 is 29.3 Å². The average molecular weight is 366 g/mol. The maximum absolute atomic E-state index is 13.0. The van der Waals surface area contributed by atoms with Crippen LogP contribution in [0.15, 0.2) is 48.5 Å². The number of rotatable bonds is 4. The first-order chi connectivity index (χ1) is 13.0. The van der Waals surface area contributed by atoms with Crippen LogP contribution in [0.25, 0.3) is 6.08 Å². The number of fused-ring (bicyclic) bond motifs is 1. The molecule has 1 aliphatic rings. The number of nitro benzene ring substituents is 1. The highest BCUT2D eigenvalue weighted by molar-refractivity contribution is 6.23. The van der Waals surface area contributed by atoms with Gasteiger partial charge in [-0.3, -0.25) is 19.7 Å². The maximum atomic E-state index is 13.0. The van der Waals surface area contributed by atoms with Crippen LogP contribution in [0.4, 0.5) is 11.4 Å². The van der Waals surface area contributed by atoms with Crippen molar-refractivity contribution in [3.63, 3.8) is 0 Å². The number of imide groups is 1. The summed E-state index contributed by atoms with van der Waals surface area (Å²) in [6.07, 6.45) is 3.33. The fourth-order valence-corrected chi connectivity index (χ4v) is 2.94. The van der Waals surface area contributed by atoms with Gasteiger partial charge in [-0.1, -0.05) is 31.2 Å². The van der Waals surface area contributed by atoms with Crippen LogP contribution in [0, 0.1) is 10.1 Å². The molecule has 1 aliphatic heterocycles. The van der Waals surface area contributed by atoms with Gasteiger partial charge < -0.3 is 4.74 Å². The number of hydrogen-bond acceptors (Lipinski definition) is 5. The standard InChI is InChI=1S/C20H18N2O5/c1-3-6-13-7-5-8-16-18(13)27-17(4-2)20(24)21(16)19(23)14-9-11-15(12-10-14)22(25)26/h3,5-12,17H,4H2,1-2H3/b6-3-. The Balaban J connectivity index is 2.08. The molecule has 0 bridgehead atoms. The minimum Gasteiger partial charge on any atom is -0.478 e. The largest absolute Gasteiger partial charge is 0.478 e. The summed E-state index contributed by atoms with van der Waals surface area (Å²) >= 11 is 0. The van der Waals surface area contributed by atoms with Gasteiger partial charge in [0.15, 0.2) is 11.9 Å². The number of anilines is 1. The topological polar surface area (TPSA) is 89.8 Å². The molecule has 0 N–H and O–H groups in total. The van der Waals surface area contributed by atoms with Crippen LogP contribution in [-0.4, -0.2) is 22.8 Å². The van der Waals surface area contributed by atoms with E-state index in [1.54, 1.807) is 19.1 Å². The zero-order valence-electron chi connectivity index (χ0n) is 14.9. The molecule has 7 heteroatoms. The van der Waals surface area contributed by atoms with Crippen LogP contribution in [0.3, 0.4) is 0 Å². The van der Waals surface area contributed by atoms with Crippen LogP contribution in [0.5, 0.6) is 5.75 Å². The molecule has 1 atom stereocenters. The summed E-state index contributed by atoms with van der Waals surface area (Å²) in [7, 11) is 0. The molecule has 0 aromatic heterocycles. The van der Waals surface area contributed by atoms with E-state index in [0.29, 0.717) is 17.9 Å². The number of nitrogens with zero attached hydrogens (tertiary/aromatic N) is 2. The van der Waals surface area contributed by atoms with Gasteiger partial charge in [-0.15, -0.1) is 0 Å². The van der Waals surface area contributed by atoms with Crippen LogP contribution in [0.1, 0.15) is 36.2 Å². The van der Waals surface area contributed by atoms with Gasteiger partial charge in [-0.05, 0) is 31.5 Å². The van der Waals surface area contributed by atoms with Gasteiger partial charge in [-0.2, -0.15) is 0 Å². The van der Waals surface area contributed by atoms with E-state index in [-0.39, 0.29) is 11.3 Å². The highest BCUT2D eigenvalue weighted by atomic mass is 16.6. The quantitative estimate of drug-likeness (QED) is 0.464. The fourth-order valence-electron chi connectivity index (χ4n) is 2.94. The van der Waals surface area contributed by atoms with E-state index in [4.69, 9.17) is 4.74 Å². The second-order valence-corrected chi connectivity index (χ2v) is 5.99. The van der Waals surface area contributed by atoms with Crippen molar-refractivity contribution in [3.05, 3.63) is 69.8 Å². The van der Waals surface area contributed by atoms with E-state index >= 15 is 0 Å². The van der Waals surface area contributed by atoms with Crippen LogP contribution >= 0.6 is 0 Å². The van der Waals surface area contributed by atoms with Gasteiger partial charge in [0.2, 0.25) is 0 Å². The van der Waals surface area contributed by atoms with Crippen molar-refractivity contribution in [2.45, 2.75) is 26.4 Å². The summed E-state index contributed by atoms with van der Waals surface area (Å²) in [5.41, 5.74) is 1.20. The number of hydrogen-bond donors (Lipinski definition) is 0. The number of benzene rings is 2. The number of nitro groups is 1. The van der Waals surface area contributed by atoms with Gasteiger partial charge >= 0.3 is 0 Å². The van der Waals surface area contributed by atoms with E-state index in [2.05, 4.69) is 0 Å². The molecule has 0 radical (unpaired) electrons. The Morgan fingerprint density at radius 2 is 1.96 bits per heavy atom. The van der Waals surface area contributed by atoms with Gasteiger partial charge in [0.25, 0.3) is 17.5 Å². The smallest absolute Gasteiger partial charge is 0.275 e. The lowest BCUT2D eigenvalue weighted by molar-refractivity contribution is -0.384. The third kappa shape index (κ3) is 3.31. The summed E-state index contributed by atoms with van der Waals surface area (Å²) in [6.45, 7) is 3.67. The Kier molecular flexibility index (Phi) is 5.03. The lowest BCUT2D eigenvalue weighted by Gasteiger charge is -2.33. The van der Waals surface area contributed by atoms with Crippen molar-refractivity contribution < 1.29 is 19.2 Å². The summed E-state index contributed by atoms with van der Waals surface area (Å²) < 4.78 is 5.86. The molecule has 0 aliphatic carbocycles. The van der Waals surface area contributed by atoms with E-state index in [0.717, 1.165) is 10.5 Å². The summed E-state index contributed by atoms with van der Waals surface area (Å²) in [5.74, 6) is -0.529. The van der Waals surface area contributed by atoms with Crippen LogP contribution < -0.4 is 9.64 Å². The molecule has 2 aromatic rings. The summed E-state index contributed by atoms with van der Waals surface area (Å²) in [5, 5.41) is 10.8. The van der Waals surface area contributed by atoms with Gasteiger partial charge in [0.05, 0.1) is 10.6 Å². The molecular weight excluding hydrogens is 348 g/mol. The number of para-hydroxylation sites is 1. The minimum atomic E-state index is -0.772. The van der Waals surface area contributed by atoms with E-state index < -0.39 is 22.8 Å². The molecule has 1 unspecified atom stereocenters. The van der Waals surface area contributed by atoms with Crippen LogP contribution in [-0.2, 0) is 4.79 Å². The second kappa shape index (κ2) is 7.41. The molecule has 27 heavy (non-hydrogen) atoms. The molecule has 0 saturated heterocycles. The molecule has 138 valence electrons. The first-order valence-electron chi connectivity index (χ1n) is 8.53. The number of non-ortho nitro benzene ring substituents is 1. The summed E-state index contributed by atoms with van der Waals surface area (Å²) in [6, 6.07) is 10.4. The van der Waals surface area contributed by atoms with Gasteiger partial charge in [-0.25, -0.2) is 4.90 Å². The summed E-state index contributed by atoms with van der Waals surface area (Å²) in [4.78, 5) is 37.2. The third-order valence-corrected chi connectivity index (χ3v) is 4.27. The lowest BCUT2D eigenvalue weighted by atomic mass is 10.1. The minimum absolute atomic E-state index is 0.123. The maximum Gasteiger partial charge on any atom is 0.275 e. The number of carbonyl (C=O) groups is 2. The molecule has 7 nitrogen and oxygen atoms in total. The molecule has 0 saturated carbocycles. The number of amides is 2. The lowest BCUT2D eigenvalue weighted by Crippen LogP contribution is -2.48. The van der Waals surface area contributed by atoms with Crippen molar-refractivity contribution in [2.75, 3.05) is 4.90 Å². The van der Waals surface area contributed by atoms with Gasteiger partial charge in [0.1, 0.15) is 0 Å². The van der Waals surface area contributed by atoms with Gasteiger partial charge in [0, 0.05) is 23.3 Å². The van der Waals surface area contributed by atoms with E-state index in [9.17, 15) is 19.7 Å². The Morgan fingerprint density at radius 3 is 2.56 bits per heavy atom. The average Bonchev–Trinajstić information content (AvgIpc) is 2.67. The first-order valence-corrected chi connectivity index (χ1v) is 8.53. The molecule has 3 rings (SSSR count). The van der Waals surface area contributed by atoms with Crippen molar-refractivity contribution in [1.82, 2.24) is 0 Å². The molecule has 2 amide bonds. The number of carbonyl (C=O) groups excluding carboxylic acids is 2. The Labute approximate surface area is 156 Å². The monoisotopic (exact) mass is 366 g/mol. The Hall–Kier alpha value is -3.48. The Bertz CT molecular complexity index is 934. The van der Waals surface area contributed by atoms with Crippen molar-refractivity contribution in [3.8, 4) is 5.75 Å². The predicted molar refractivity (Wildman–Crippen MR) is 101 cm³/mol. The molecule has 0 fully saturated rings. The number of ether oxygens (including phenoxy) is 1. The molecule has 1 heterocycles. The second-order valence-electron chi connectivity index (χ2n) is 5.99. The highest BCUT2D eigenvalue weighted by Crippen LogP contribution is 2.39. The zero-order chi connectivity index (χ0) is 19.6. The number of allylic oxidation sites excluding steroid dienone is 1. The zero-order valence-corrected chi connectivity index (χ0v) is 14.9. The van der Waals surface area contributed by atoms with Crippen molar-refractivity contribution in [1.29, 1.82) is 0 Å². The Morgan fingerprint density at radius 1 is 1.26 bits per heavy atom. The van der Waals surface area contributed by atoms with E-state index in [1.807, 2.05) is 25.1 Å². The molecule has 0 spiro atoms. The van der Waals surface area contributed by atoms with Crippen LogP contribution in [0.2, 0.25) is 0 Å². The normalized spacial score (nSPS) is 16.1. The fraction of sp³-hybridized carbons (Fsp3) is 0.200. The molecule has 2 aromatic carbocycles. The highest BCUT2D eigenvalue weighted by Gasteiger charge is 2.38. The van der Waals surface area contributed by atoms with Crippen molar-refractivity contribution in [2.24, 2.45) is 0 Å². The third-order valence-electron chi connectivity index (χ3n) is 4.27.